The maximum absolute atomic E-state index is 11.2. The summed E-state index contributed by atoms with van der Waals surface area (Å²) in [5, 5.41) is 11.2. The van der Waals surface area contributed by atoms with Crippen molar-refractivity contribution in [3.05, 3.63) is 0 Å². The number of hydrogen-bond donors (Lipinski definition) is 2. The maximum atomic E-state index is 11.2. The highest BCUT2D eigenvalue weighted by atomic mass is 16.3. The van der Waals surface area contributed by atoms with Gasteiger partial charge in [0.15, 0.2) is 0 Å². The van der Waals surface area contributed by atoms with Gasteiger partial charge in [-0.2, -0.15) is 0 Å². The molecule has 1 aliphatic carbocycles. The second-order valence-electron chi connectivity index (χ2n) is 6.45. The lowest BCUT2D eigenvalue weighted by Crippen LogP contribution is -2.53. The fraction of sp³-hybridized carbons (Fsp3) is 1.00. The molecule has 17 heavy (non-hydrogen) atoms. The van der Waals surface area contributed by atoms with Crippen LogP contribution in [-0.2, 0) is 0 Å². The van der Waals surface area contributed by atoms with E-state index < -0.39 is 5.60 Å². The first-order chi connectivity index (χ1) is 7.95. The Morgan fingerprint density at radius 2 is 2.00 bits per heavy atom. The molecule has 1 rings (SSSR count). The molecule has 2 nitrogen and oxygen atoms in total. The minimum absolute atomic E-state index is 0.280. The Hall–Kier alpha value is -0.0800. The smallest absolute Gasteiger partial charge is 0.0720 e. The first-order valence-corrected chi connectivity index (χ1v) is 7.38. The third-order valence-corrected chi connectivity index (χ3v) is 4.72. The summed E-state index contributed by atoms with van der Waals surface area (Å²) in [5.74, 6) is 1.90. The fourth-order valence-corrected chi connectivity index (χ4v) is 3.83. The Balaban J connectivity index is 2.90. The minimum Gasteiger partial charge on any atom is -0.389 e. The molecule has 0 aromatic carbocycles. The van der Waals surface area contributed by atoms with E-state index in [1.54, 1.807) is 0 Å². The molecule has 2 heteroatoms. The van der Waals surface area contributed by atoms with Crippen molar-refractivity contribution in [2.75, 3.05) is 6.54 Å². The molecule has 1 aliphatic rings. The lowest BCUT2D eigenvalue weighted by atomic mass is 9.61. The van der Waals surface area contributed by atoms with Gasteiger partial charge < -0.3 is 10.8 Å². The molecule has 102 valence electrons. The largest absolute Gasteiger partial charge is 0.389 e. The molecule has 3 N–H and O–H groups in total. The summed E-state index contributed by atoms with van der Waals surface area (Å²) >= 11 is 0. The lowest BCUT2D eigenvalue weighted by molar-refractivity contribution is -0.121. The van der Waals surface area contributed by atoms with Crippen LogP contribution in [0.25, 0.3) is 0 Å². The summed E-state index contributed by atoms with van der Waals surface area (Å²) < 4.78 is 0. The van der Waals surface area contributed by atoms with Gasteiger partial charge in [0.05, 0.1) is 5.60 Å². The van der Waals surface area contributed by atoms with Crippen molar-refractivity contribution in [1.29, 1.82) is 0 Å². The molecule has 0 saturated heterocycles. The summed E-state index contributed by atoms with van der Waals surface area (Å²) in [6.07, 6.45) is 5.54. The van der Waals surface area contributed by atoms with Gasteiger partial charge in [0.1, 0.15) is 0 Å². The van der Waals surface area contributed by atoms with Crippen LogP contribution in [0.15, 0.2) is 0 Å². The molecule has 4 atom stereocenters. The van der Waals surface area contributed by atoms with Crippen LogP contribution >= 0.6 is 0 Å². The SMILES string of the molecule is CCCC(CN)C1(O)CC(C)CCC1C(C)C. The third-order valence-electron chi connectivity index (χ3n) is 4.72. The summed E-state index contributed by atoms with van der Waals surface area (Å²) in [4.78, 5) is 0. The Kier molecular flexibility index (Phi) is 5.46. The van der Waals surface area contributed by atoms with E-state index in [0.29, 0.717) is 24.3 Å². The van der Waals surface area contributed by atoms with E-state index in [4.69, 9.17) is 5.73 Å². The number of nitrogens with two attached hydrogens (primary N) is 1. The molecular formula is C15H31NO. The van der Waals surface area contributed by atoms with Crippen molar-refractivity contribution in [3.63, 3.8) is 0 Å². The average Bonchev–Trinajstić information content (AvgIpc) is 2.24. The topological polar surface area (TPSA) is 46.2 Å². The van der Waals surface area contributed by atoms with E-state index in [1.165, 1.54) is 6.42 Å². The molecule has 1 fully saturated rings. The zero-order valence-corrected chi connectivity index (χ0v) is 12.1. The van der Waals surface area contributed by atoms with Crippen molar-refractivity contribution in [2.24, 2.45) is 29.4 Å². The number of rotatable bonds is 5. The molecule has 4 unspecified atom stereocenters. The molecule has 0 aromatic rings. The molecule has 0 aliphatic heterocycles. The lowest BCUT2D eigenvalue weighted by Gasteiger charge is -2.49. The van der Waals surface area contributed by atoms with Crippen molar-refractivity contribution >= 4 is 0 Å². The Bertz CT molecular complexity index is 229. The highest BCUT2D eigenvalue weighted by Gasteiger charge is 2.46. The monoisotopic (exact) mass is 241 g/mol. The van der Waals surface area contributed by atoms with Gasteiger partial charge in [-0.25, -0.2) is 0 Å². The predicted octanol–water partition coefficient (Wildman–Crippen LogP) is 3.18. The summed E-state index contributed by atoms with van der Waals surface area (Å²) in [5.41, 5.74) is 5.41. The van der Waals surface area contributed by atoms with Gasteiger partial charge in [0, 0.05) is 5.92 Å². The van der Waals surface area contributed by atoms with Gasteiger partial charge in [0.25, 0.3) is 0 Å². The molecule has 0 heterocycles. The van der Waals surface area contributed by atoms with Gasteiger partial charge in [-0.15, -0.1) is 0 Å². The fourth-order valence-electron chi connectivity index (χ4n) is 3.83. The highest BCUT2D eigenvalue weighted by molar-refractivity contribution is 4.98. The molecule has 0 bridgehead atoms. The van der Waals surface area contributed by atoms with Gasteiger partial charge >= 0.3 is 0 Å². The predicted molar refractivity (Wildman–Crippen MR) is 73.7 cm³/mol. The summed E-state index contributed by atoms with van der Waals surface area (Å²) in [6.45, 7) is 9.56. The Labute approximate surface area is 107 Å². The molecule has 0 amide bonds. The van der Waals surface area contributed by atoms with Gasteiger partial charge in [0.2, 0.25) is 0 Å². The van der Waals surface area contributed by atoms with Crippen LogP contribution in [0.5, 0.6) is 0 Å². The van der Waals surface area contributed by atoms with E-state index in [0.717, 1.165) is 25.7 Å². The first kappa shape index (κ1) is 15.0. The van der Waals surface area contributed by atoms with Crippen LogP contribution < -0.4 is 5.73 Å². The quantitative estimate of drug-likeness (QED) is 0.776. The van der Waals surface area contributed by atoms with Crippen molar-refractivity contribution in [2.45, 2.75) is 65.4 Å². The van der Waals surface area contributed by atoms with Crippen LogP contribution in [0.4, 0.5) is 0 Å². The minimum atomic E-state index is -0.517. The molecule has 0 aromatic heterocycles. The standard InChI is InChI=1S/C15H31NO/c1-5-6-13(10-16)15(17)9-12(4)7-8-14(15)11(2)3/h11-14,17H,5-10,16H2,1-4H3. The van der Waals surface area contributed by atoms with Crippen LogP contribution in [0, 0.1) is 23.7 Å². The van der Waals surface area contributed by atoms with Crippen LogP contribution in [-0.4, -0.2) is 17.3 Å². The third kappa shape index (κ3) is 3.23. The summed E-state index contributed by atoms with van der Waals surface area (Å²) in [6, 6.07) is 0. The van der Waals surface area contributed by atoms with Crippen LogP contribution in [0.1, 0.15) is 59.8 Å². The van der Waals surface area contributed by atoms with E-state index in [2.05, 4.69) is 27.7 Å². The van der Waals surface area contributed by atoms with Crippen molar-refractivity contribution in [1.82, 2.24) is 0 Å². The Morgan fingerprint density at radius 1 is 1.35 bits per heavy atom. The second-order valence-corrected chi connectivity index (χ2v) is 6.45. The van der Waals surface area contributed by atoms with Crippen LogP contribution in [0.3, 0.4) is 0 Å². The normalized spacial score (nSPS) is 36.2. The summed E-state index contributed by atoms with van der Waals surface area (Å²) in [7, 11) is 0. The highest BCUT2D eigenvalue weighted by Crippen LogP contribution is 2.46. The van der Waals surface area contributed by atoms with Crippen LogP contribution in [0.2, 0.25) is 0 Å². The van der Waals surface area contributed by atoms with Gasteiger partial charge in [-0.3, -0.25) is 0 Å². The van der Waals surface area contributed by atoms with E-state index >= 15 is 0 Å². The molecule has 0 radical (unpaired) electrons. The van der Waals surface area contributed by atoms with E-state index in [1.807, 2.05) is 0 Å². The van der Waals surface area contributed by atoms with E-state index in [-0.39, 0.29) is 5.92 Å². The molecule has 0 spiro atoms. The van der Waals surface area contributed by atoms with Crippen molar-refractivity contribution < 1.29 is 5.11 Å². The molecule has 1 saturated carbocycles. The Morgan fingerprint density at radius 3 is 2.47 bits per heavy atom. The van der Waals surface area contributed by atoms with Gasteiger partial charge in [-0.05, 0) is 43.6 Å². The van der Waals surface area contributed by atoms with E-state index in [9.17, 15) is 5.11 Å². The van der Waals surface area contributed by atoms with Crippen molar-refractivity contribution in [3.8, 4) is 0 Å². The average molecular weight is 241 g/mol. The first-order valence-electron chi connectivity index (χ1n) is 7.38. The van der Waals surface area contributed by atoms with Gasteiger partial charge in [-0.1, -0.05) is 40.5 Å². The number of aliphatic hydroxyl groups is 1. The number of hydrogen-bond acceptors (Lipinski definition) is 2. The maximum Gasteiger partial charge on any atom is 0.0720 e. The zero-order valence-electron chi connectivity index (χ0n) is 12.1. The second kappa shape index (κ2) is 6.19. The molecular weight excluding hydrogens is 210 g/mol. The zero-order chi connectivity index (χ0) is 13.1.